The predicted molar refractivity (Wildman–Crippen MR) is 68.9 cm³/mol. The van der Waals surface area contributed by atoms with E-state index in [1.165, 1.54) is 0 Å². The monoisotopic (exact) mass is 198 g/mol. The molecule has 1 aromatic heterocycles. The van der Waals surface area contributed by atoms with Crippen LogP contribution in [-0.2, 0) is 0 Å². The van der Waals surface area contributed by atoms with Crippen molar-refractivity contribution in [1.29, 1.82) is 0 Å². The van der Waals surface area contributed by atoms with Crippen molar-refractivity contribution in [2.24, 2.45) is 5.41 Å². The maximum absolute atomic E-state index is 4.26. The quantitative estimate of drug-likeness (QED) is 0.681. The Morgan fingerprint density at radius 2 is 2.07 bits per heavy atom. The summed E-state index contributed by atoms with van der Waals surface area (Å²) in [4.78, 5) is 4.26. The van der Waals surface area contributed by atoms with Crippen molar-refractivity contribution in [1.82, 2.24) is 9.37 Å². The van der Waals surface area contributed by atoms with Gasteiger partial charge in [-0.25, -0.2) is 0 Å². The molecule has 0 saturated heterocycles. The van der Waals surface area contributed by atoms with Crippen molar-refractivity contribution in [3.63, 3.8) is 0 Å². The molecule has 76 valence electrons. The molecule has 2 nitrogen and oxygen atoms in total. The van der Waals surface area contributed by atoms with Crippen LogP contribution in [0.4, 0.5) is 0 Å². The molecule has 0 aromatic carbocycles. The molecule has 0 saturated carbocycles. The Labute approximate surface area is 92.9 Å². The van der Waals surface area contributed by atoms with Crippen LogP contribution in [0.1, 0.15) is 26.6 Å². The Balaban J connectivity index is 3.14. The third kappa shape index (κ3) is 2.88. The Morgan fingerprint density at radius 3 is 2.53 bits per heavy atom. The maximum atomic E-state index is 4.26. The number of nitrogens with zero attached hydrogens (tertiary/aromatic N) is 2. The normalized spacial score (nSPS) is 12.1. The average Bonchev–Trinajstić information content (AvgIpc) is 2.59. The number of rotatable bonds is 3. The van der Waals surface area contributed by atoms with E-state index in [0.29, 0.717) is 0 Å². The van der Waals surface area contributed by atoms with Gasteiger partial charge in [0.05, 0.1) is 0 Å². The van der Waals surface area contributed by atoms with Crippen LogP contribution in [0.2, 0.25) is 0 Å². The summed E-state index contributed by atoms with van der Waals surface area (Å²) in [6, 6.07) is 0. The molecule has 0 atom stereocenters. The number of hydrogen-bond donors (Lipinski definition) is 0. The zero-order valence-corrected chi connectivity index (χ0v) is 9.70. The Morgan fingerprint density at radius 1 is 1.40 bits per heavy atom. The summed E-state index contributed by atoms with van der Waals surface area (Å²) in [6.07, 6.45) is 5.65. The first-order valence-corrected chi connectivity index (χ1v) is 4.99. The zero-order valence-electron chi connectivity index (χ0n) is 9.70. The van der Waals surface area contributed by atoms with Crippen molar-refractivity contribution >= 4 is 26.2 Å². The predicted octanol–water partition coefficient (Wildman–Crippen LogP) is 2.28. The molecule has 0 radical (unpaired) electrons. The summed E-state index contributed by atoms with van der Waals surface area (Å²) in [5, 5.41) is 0. The van der Waals surface area contributed by atoms with Crippen LogP contribution in [0.3, 0.4) is 0 Å². The van der Waals surface area contributed by atoms with E-state index in [-0.39, 0.29) is 5.41 Å². The van der Waals surface area contributed by atoms with Gasteiger partial charge in [-0.2, -0.15) is 0 Å². The van der Waals surface area contributed by atoms with Crippen LogP contribution in [0.15, 0.2) is 24.8 Å². The molecule has 1 rings (SSSR count). The third-order valence-corrected chi connectivity index (χ3v) is 2.27. The van der Waals surface area contributed by atoms with Gasteiger partial charge in [-0.15, -0.1) is 0 Å². The first-order chi connectivity index (χ1) is 6.99. The van der Waals surface area contributed by atoms with E-state index in [9.17, 15) is 0 Å². The first-order valence-electron chi connectivity index (χ1n) is 4.99. The standard InChI is InChI=1S/C11H16B2N2/c1-6-9(11(3,4)5)8-10-14-12-13-15(10)7-2/h6-8H,1-2H2,3-5H3/b9-8+. The molecular weight excluding hydrogens is 182 g/mol. The van der Waals surface area contributed by atoms with Crippen LogP contribution in [-0.4, -0.2) is 23.2 Å². The Hall–Kier alpha value is -1.18. The SMILES string of the molecule is C=C/C(=C\c1nbbn1C=C)C(C)(C)C. The van der Waals surface area contributed by atoms with Gasteiger partial charge in [0.15, 0.2) is 0 Å². The molecule has 0 bridgehead atoms. The van der Waals surface area contributed by atoms with E-state index in [4.69, 9.17) is 0 Å². The second kappa shape index (κ2) is 4.56. The minimum atomic E-state index is 0.0830. The minimum absolute atomic E-state index is 0.0830. The van der Waals surface area contributed by atoms with Gasteiger partial charge in [0.2, 0.25) is 0 Å². The van der Waals surface area contributed by atoms with E-state index in [1.54, 1.807) is 13.1 Å². The fraction of sp³-hybridized carbons (Fsp3) is 0.364. The molecule has 0 N–H and O–H groups in total. The molecule has 0 unspecified atom stereocenters. The summed E-state index contributed by atoms with van der Waals surface area (Å²) < 4.78 is 1.88. The second-order valence-corrected chi connectivity index (χ2v) is 4.43. The van der Waals surface area contributed by atoms with E-state index >= 15 is 0 Å². The summed E-state index contributed by atoms with van der Waals surface area (Å²) in [7, 11) is 0. The van der Waals surface area contributed by atoms with E-state index in [0.717, 1.165) is 11.4 Å². The van der Waals surface area contributed by atoms with Gasteiger partial charge in [-0.3, -0.25) is 0 Å². The molecule has 1 aromatic rings. The average molecular weight is 198 g/mol. The third-order valence-electron chi connectivity index (χ3n) is 2.27. The zero-order chi connectivity index (χ0) is 11.5. The van der Waals surface area contributed by atoms with Gasteiger partial charge in [0, 0.05) is 0 Å². The van der Waals surface area contributed by atoms with Gasteiger partial charge >= 0.3 is 92.3 Å². The van der Waals surface area contributed by atoms with Crippen LogP contribution in [0, 0.1) is 5.41 Å². The van der Waals surface area contributed by atoms with Gasteiger partial charge < -0.3 is 0 Å². The van der Waals surface area contributed by atoms with Crippen molar-refractivity contribution in [2.45, 2.75) is 20.8 Å². The van der Waals surface area contributed by atoms with Gasteiger partial charge in [0.1, 0.15) is 0 Å². The second-order valence-electron chi connectivity index (χ2n) is 4.43. The van der Waals surface area contributed by atoms with Gasteiger partial charge in [-0.05, 0) is 0 Å². The fourth-order valence-electron chi connectivity index (χ4n) is 1.31. The summed E-state index contributed by atoms with van der Waals surface area (Å²) >= 11 is 0. The summed E-state index contributed by atoms with van der Waals surface area (Å²) in [5.74, 6) is 0.884. The molecule has 0 fully saturated rings. The molecule has 0 aliphatic heterocycles. The van der Waals surface area contributed by atoms with Crippen LogP contribution < -0.4 is 0 Å². The van der Waals surface area contributed by atoms with Crippen molar-refractivity contribution in [3.8, 4) is 0 Å². The first kappa shape index (κ1) is 11.9. The fourth-order valence-corrected chi connectivity index (χ4v) is 1.31. The van der Waals surface area contributed by atoms with Crippen molar-refractivity contribution in [2.75, 3.05) is 0 Å². The van der Waals surface area contributed by atoms with Gasteiger partial charge in [-0.1, -0.05) is 0 Å². The topological polar surface area (TPSA) is 17.8 Å². The molecule has 1 heterocycles. The number of allylic oxidation sites excluding steroid dienone is 2. The van der Waals surface area contributed by atoms with Crippen LogP contribution in [0.5, 0.6) is 0 Å². The van der Waals surface area contributed by atoms with Crippen LogP contribution in [0.25, 0.3) is 12.3 Å². The van der Waals surface area contributed by atoms with Crippen molar-refractivity contribution in [3.05, 3.63) is 30.6 Å². The molecule has 0 amide bonds. The molecule has 0 spiro atoms. The Kier molecular flexibility index (Phi) is 3.61. The number of hydrogen-bond acceptors (Lipinski definition) is 1. The van der Waals surface area contributed by atoms with Crippen LogP contribution >= 0.6 is 0 Å². The summed E-state index contributed by atoms with van der Waals surface area (Å²) in [5.41, 5.74) is 1.25. The number of aromatic nitrogens is 2. The van der Waals surface area contributed by atoms with Crippen molar-refractivity contribution < 1.29 is 0 Å². The van der Waals surface area contributed by atoms with E-state index < -0.39 is 0 Å². The van der Waals surface area contributed by atoms with E-state index in [1.807, 2.05) is 23.6 Å². The van der Waals surface area contributed by atoms with Gasteiger partial charge in [0.25, 0.3) is 0 Å². The Bertz CT molecular complexity index is 397. The molecular formula is C11H16B2N2. The molecule has 0 aliphatic rings. The summed E-state index contributed by atoms with van der Waals surface area (Å²) in [6.45, 7) is 17.7. The molecule has 4 heteroatoms. The molecule has 15 heavy (non-hydrogen) atoms. The molecule has 0 aliphatic carbocycles. The van der Waals surface area contributed by atoms with E-state index in [2.05, 4.69) is 38.8 Å².